The fourth-order valence-electron chi connectivity index (χ4n) is 2.65. The number of rotatable bonds is 5. The second-order valence-corrected chi connectivity index (χ2v) is 5.75. The van der Waals surface area contributed by atoms with Crippen molar-refractivity contribution in [3.63, 3.8) is 0 Å². The number of ether oxygens (including phenoxy) is 1. The summed E-state index contributed by atoms with van der Waals surface area (Å²) in [6.45, 7) is 0.0573. The Morgan fingerprint density at radius 1 is 1.42 bits per heavy atom. The quantitative estimate of drug-likeness (QED) is 0.607. The third-order valence-electron chi connectivity index (χ3n) is 3.86. The number of nitro benzene ring substituents is 1. The average Bonchev–Trinajstić information content (AvgIpc) is 2.91. The molecule has 0 radical (unpaired) electrons. The first kappa shape index (κ1) is 18.2. The molecule has 1 aliphatic heterocycles. The zero-order valence-electron chi connectivity index (χ0n) is 13.0. The minimum Gasteiger partial charge on any atom is -0.368 e. The molecule has 2 atom stereocenters. The molecule has 2 rings (SSSR count). The Hall–Kier alpha value is -2.16. The van der Waals surface area contributed by atoms with E-state index in [-0.39, 0.29) is 17.2 Å². The maximum absolute atomic E-state index is 12.8. The molecule has 0 spiro atoms. The van der Waals surface area contributed by atoms with Crippen LogP contribution in [0.2, 0.25) is 0 Å². The van der Waals surface area contributed by atoms with Gasteiger partial charge in [0, 0.05) is 18.2 Å². The van der Waals surface area contributed by atoms with Crippen molar-refractivity contribution in [1.82, 2.24) is 4.90 Å². The summed E-state index contributed by atoms with van der Waals surface area (Å²) in [5.74, 6) is -0.991. The van der Waals surface area contributed by atoms with E-state index in [1.54, 1.807) is 6.92 Å². The Morgan fingerprint density at radius 2 is 2.08 bits per heavy atom. The van der Waals surface area contributed by atoms with Crippen molar-refractivity contribution < 1.29 is 27.6 Å². The molecular weight excluding hydrogens is 329 g/mol. The van der Waals surface area contributed by atoms with Crippen LogP contribution in [0.15, 0.2) is 24.3 Å². The highest BCUT2D eigenvalue weighted by atomic mass is 19.4. The molecule has 1 aliphatic rings. The van der Waals surface area contributed by atoms with Crippen LogP contribution in [0.1, 0.15) is 18.9 Å². The average molecular weight is 346 g/mol. The van der Waals surface area contributed by atoms with Gasteiger partial charge in [0.1, 0.15) is 12.6 Å². The van der Waals surface area contributed by atoms with Crippen LogP contribution >= 0.6 is 0 Å². The summed E-state index contributed by atoms with van der Waals surface area (Å²) in [7, 11) is 0. The largest absolute Gasteiger partial charge is 0.406 e. The third-order valence-corrected chi connectivity index (χ3v) is 3.86. The van der Waals surface area contributed by atoms with Gasteiger partial charge >= 0.3 is 6.18 Å². The smallest absolute Gasteiger partial charge is 0.368 e. The highest BCUT2D eigenvalue weighted by Crippen LogP contribution is 2.27. The van der Waals surface area contributed by atoms with Crippen LogP contribution in [0.25, 0.3) is 0 Å². The second kappa shape index (κ2) is 7.16. The highest BCUT2D eigenvalue weighted by Gasteiger charge is 2.39. The van der Waals surface area contributed by atoms with Crippen molar-refractivity contribution in [2.75, 3.05) is 13.2 Å². The Balaban J connectivity index is 2.27. The lowest BCUT2D eigenvalue weighted by Crippen LogP contribution is -2.45. The van der Waals surface area contributed by atoms with Gasteiger partial charge in [0.15, 0.2) is 0 Å². The number of nitro groups is 1. The van der Waals surface area contributed by atoms with Gasteiger partial charge in [-0.05, 0) is 12.3 Å². The number of benzene rings is 1. The van der Waals surface area contributed by atoms with Crippen molar-refractivity contribution in [2.24, 2.45) is 5.92 Å². The van der Waals surface area contributed by atoms with Gasteiger partial charge in [0.05, 0.1) is 11.5 Å². The number of nitrogens with zero attached hydrogens (tertiary/aromatic N) is 2. The fourth-order valence-corrected chi connectivity index (χ4v) is 2.65. The van der Waals surface area contributed by atoms with Gasteiger partial charge in [-0.25, -0.2) is 0 Å². The van der Waals surface area contributed by atoms with E-state index in [0.717, 1.165) is 0 Å². The summed E-state index contributed by atoms with van der Waals surface area (Å²) in [5.41, 5.74) is -0.274. The van der Waals surface area contributed by atoms with Gasteiger partial charge in [-0.1, -0.05) is 25.1 Å². The summed E-state index contributed by atoms with van der Waals surface area (Å²) >= 11 is 0. The number of alkyl halides is 3. The van der Waals surface area contributed by atoms with Crippen molar-refractivity contribution in [3.05, 3.63) is 39.9 Å². The fraction of sp³-hybridized carbons (Fsp3) is 0.533. The van der Waals surface area contributed by atoms with Crippen LogP contribution in [0, 0.1) is 16.0 Å². The lowest BCUT2D eigenvalue weighted by molar-refractivity contribution is -0.385. The number of carbonyl (C=O) groups excluding carboxylic acids is 1. The number of carbonyl (C=O) groups is 1. The van der Waals surface area contributed by atoms with Crippen molar-refractivity contribution in [1.29, 1.82) is 0 Å². The molecule has 0 bridgehead atoms. The predicted molar refractivity (Wildman–Crippen MR) is 78.1 cm³/mol. The molecule has 132 valence electrons. The summed E-state index contributed by atoms with van der Waals surface area (Å²) < 4.78 is 43.8. The molecule has 9 heteroatoms. The first-order valence-corrected chi connectivity index (χ1v) is 7.38. The van der Waals surface area contributed by atoms with E-state index in [4.69, 9.17) is 4.74 Å². The van der Waals surface area contributed by atoms with Crippen LogP contribution in [-0.4, -0.2) is 41.2 Å². The molecule has 1 aromatic rings. The van der Waals surface area contributed by atoms with Crippen molar-refractivity contribution >= 4 is 11.6 Å². The molecule has 1 heterocycles. The second-order valence-electron chi connectivity index (χ2n) is 5.75. The van der Waals surface area contributed by atoms with E-state index in [1.807, 2.05) is 0 Å². The van der Waals surface area contributed by atoms with Gasteiger partial charge in [-0.15, -0.1) is 0 Å². The number of hydrogen-bond acceptors (Lipinski definition) is 4. The standard InChI is InChI=1S/C15H17F3N2O4/c1-10-6-7-24-13(10)14(21)19(9-15(16,17)18)8-11-4-2-3-5-12(11)20(22)23/h2-5,10,13H,6-9H2,1H3/t10-,13+/m1/s1. The SMILES string of the molecule is C[C@@H]1CCO[C@@H]1C(=O)N(Cc1ccccc1[N+](=O)[O-])CC(F)(F)F. The Labute approximate surface area is 136 Å². The lowest BCUT2D eigenvalue weighted by atomic mass is 10.0. The van der Waals surface area contributed by atoms with Crippen LogP contribution < -0.4 is 0 Å². The maximum atomic E-state index is 12.8. The topological polar surface area (TPSA) is 72.7 Å². The molecule has 24 heavy (non-hydrogen) atoms. The highest BCUT2D eigenvalue weighted by molar-refractivity contribution is 5.81. The minimum absolute atomic E-state index is 0.0470. The zero-order chi connectivity index (χ0) is 17.9. The molecule has 0 N–H and O–H groups in total. The lowest BCUT2D eigenvalue weighted by Gasteiger charge is -2.27. The summed E-state index contributed by atoms with van der Waals surface area (Å²) in [6, 6.07) is 5.43. The first-order chi connectivity index (χ1) is 11.2. The molecule has 0 aliphatic carbocycles. The molecule has 1 amide bonds. The first-order valence-electron chi connectivity index (χ1n) is 7.38. The van der Waals surface area contributed by atoms with Crippen LogP contribution in [0.3, 0.4) is 0 Å². The number of halogens is 3. The monoisotopic (exact) mass is 346 g/mol. The zero-order valence-corrected chi connectivity index (χ0v) is 13.0. The van der Waals surface area contributed by atoms with E-state index in [9.17, 15) is 28.1 Å². The maximum Gasteiger partial charge on any atom is 0.406 e. The van der Waals surface area contributed by atoms with Gasteiger partial charge in [0.25, 0.3) is 11.6 Å². The van der Waals surface area contributed by atoms with Gasteiger partial charge in [0.2, 0.25) is 0 Å². The molecule has 1 aromatic carbocycles. The van der Waals surface area contributed by atoms with Gasteiger partial charge in [-0.3, -0.25) is 14.9 Å². The molecule has 1 saturated heterocycles. The normalized spacial score (nSPS) is 20.8. The molecule has 0 aromatic heterocycles. The molecule has 6 nitrogen and oxygen atoms in total. The van der Waals surface area contributed by atoms with Crippen LogP contribution in [0.4, 0.5) is 18.9 Å². The predicted octanol–water partition coefficient (Wildman–Crippen LogP) is 2.91. The van der Waals surface area contributed by atoms with Crippen molar-refractivity contribution in [3.8, 4) is 0 Å². The summed E-state index contributed by atoms with van der Waals surface area (Å²) in [4.78, 5) is 23.4. The molecule has 1 fully saturated rings. The van der Waals surface area contributed by atoms with Gasteiger partial charge < -0.3 is 9.64 Å². The summed E-state index contributed by atoms with van der Waals surface area (Å²) in [6.07, 6.45) is -4.97. The number of amides is 1. The Morgan fingerprint density at radius 3 is 2.62 bits per heavy atom. The molecular formula is C15H17F3N2O4. The van der Waals surface area contributed by atoms with E-state index in [2.05, 4.69) is 0 Å². The van der Waals surface area contributed by atoms with Crippen LogP contribution in [0.5, 0.6) is 0 Å². The van der Waals surface area contributed by atoms with Gasteiger partial charge in [-0.2, -0.15) is 13.2 Å². The van der Waals surface area contributed by atoms with E-state index < -0.39 is 36.2 Å². The molecule has 0 saturated carbocycles. The van der Waals surface area contributed by atoms with Crippen molar-refractivity contribution in [2.45, 2.75) is 32.2 Å². The molecule has 0 unspecified atom stereocenters. The third kappa shape index (κ3) is 4.44. The minimum atomic E-state index is -4.61. The number of hydrogen-bond donors (Lipinski definition) is 0. The van der Waals surface area contributed by atoms with E-state index in [1.165, 1.54) is 24.3 Å². The van der Waals surface area contributed by atoms with E-state index in [0.29, 0.717) is 17.9 Å². The summed E-state index contributed by atoms with van der Waals surface area (Å²) in [5, 5.41) is 11.0. The van der Waals surface area contributed by atoms with E-state index >= 15 is 0 Å². The Kier molecular flexibility index (Phi) is 5.43. The van der Waals surface area contributed by atoms with Crippen LogP contribution in [-0.2, 0) is 16.1 Å². The number of para-hydroxylation sites is 1. The Bertz CT molecular complexity index is 621.